The van der Waals surface area contributed by atoms with Crippen molar-refractivity contribution in [3.05, 3.63) is 35.9 Å². The van der Waals surface area contributed by atoms with E-state index in [1.807, 2.05) is 0 Å². The number of rotatable bonds is 8. The van der Waals surface area contributed by atoms with Crippen LogP contribution in [0.3, 0.4) is 0 Å². The van der Waals surface area contributed by atoms with Gasteiger partial charge in [-0.3, -0.25) is 4.90 Å². The van der Waals surface area contributed by atoms with Crippen molar-refractivity contribution in [1.29, 1.82) is 0 Å². The molecule has 0 amide bonds. The Morgan fingerprint density at radius 3 is 2.45 bits per heavy atom. The molecule has 1 fully saturated rings. The molecule has 1 aliphatic heterocycles. The van der Waals surface area contributed by atoms with E-state index in [9.17, 15) is 0 Å². The van der Waals surface area contributed by atoms with Crippen molar-refractivity contribution in [3.8, 4) is 0 Å². The molecule has 1 aromatic carbocycles. The molecule has 0 aromatic heterocycles. The highest BCUT2D eigenvalue weighted by Gasteiger charge is 2.22. The van der Waals surface area contributed by atoms with E-state index in [2.05, 4.69) is 54.4 Å². The standard InChI is InChI=1S/C18H30N2/c1-3-9-16(2)14-19-15-18(20-12-7-8-13-20)17-10-5-4-6-11-17/h4-6,10-11,16,18-19H,3,7-9,12-15H2,1-2H3. The lowest BCUT2D eigenvalue weighted by Gasteiger charge is -2.29. The molecule has 1 aromatic rings. The highest BCUT2D eigenvalue weighted by molar-refractivity contribution is 5.19. The van der Waals surface area contributed by atoms with Crippen molar-refractivity contribution in [3.63, 3.8) is 0 Å². The van der Waals surface area contributed by atoms with Gasteiger partial charge in [0, 0.05) is 12.6 Å². The molecular weight excluding hydrogens is 244 g/mol. The van der Waals surface area contributed by atoms with E-state index >= 15 is 0 Å². The average Bonchev–Trinajstić information content (AvgIpc) is 2.99. The Bertz CT molecular complexity index is 357. The summed E-state index contributed by atoms with van der Waals surface area (Å²) >= 11 is 0. The number of hydrogen-bond donors (Lipinski definition) is 1. The van der Waals surface area contributed by atoms with Gasteiger partial charge in [0.1, 0.15) is 0 Å². The summed E-state index contributed by atoms with van der Waals surface area (Å²) in [4.78, 5) is 2.65. The van der Waals surface area contributed by atoms with Crippen molar-refractivity contribution >= 4 is 0 Å². The molecule has 0 radical (unpaired) electrons. The van der Waals surface area contributed by atoms with E-state index < -0.39 is 0 Å². The highest BCUT2D eigenvalue weighted by Crippen LogP contribution is 2.24. The number of hydrogen-bond acceptors (Lipinski definition) is 2. The predicted molar refractivity (Wildman–Crippen MR) is 86.9 cm³/mol. The van der Waals surface area contributed by atoms with Crippen LogP contribution in [0.5, 0.6) is 0 Å². The van der Waals surface area contributed by atoms with E-state index in [1.165, 1.54) is 44.3 Å². The number of nitrogens with zero attached hydrogens (tertiary/aromatic N) is 1. The summed E-state index contributed by atoms with van der Waals surface area (Å²) in [5, 5.41) is 3.70. The van der Waals surface area contributed by atoms with Crippen LogP contribution < -0.4 is 5.32 Å². The van der Waals surface area contributed by atoms with Crippen LogP contribution in [-0.2, 0) is 0 Å². The molecule has 0 aliphatic carbocycles. The summed E-state index contributed by atoms with van der Waals surface area (Å²) in [6.45, 7) is 9.36. The average molecular weight is 274 g/mol. The molecule has 2 rings (SSSR count). The van der Waals surface area contributed by atoms with E-state index in [0.29, 0.717) is 6.04 Å². The van der Waals surface area contributed by atoms with Crippen LogP contribution in [0.1, 0.15) is 51.1 Å². The Balaban J connectivity index is 1.90. The fourth-order valence-corrected chi connectivity index (χ4v) is 3.25. The van der Waals surface area contributed by atoms with Crippen molar-refractivity contribution < 1.29 is 0 Å². The molecule has 1 heterocycles. The fourth-order valence-electron chi connectivity index (χ4n) is 3.25. The molecule has 1 N–H and O–H groups in total. The number of likely N-dealkylation sites (tertiary alicyclic amines) is 1. The summed E-state index contributed by atoms with van der Waals surface area (Å²) in [5.41, 5.74) is 1.46. The van der Waals surface area contributed by atoms with Gasteiger partial charge in [-0.05, 0) is 50.4 Å². The topological polar surface area (TPSA) is 15.3 Å². The van der Waals surface area contributed by atoms with Crippen LogP contribution in [0.2, 0.25) is 0 Å². The first-order valence-corrected chi connectivity index (χ1v) is 8.31. The molecule has 2 heteroatoms. The van der Waals surface area contributed by atoms with Gasteiger partial charge in [0.2, 0.25) is 0 Å². The van der Waals surface area contributed by atoms with E-state index in [0.717, 1.165) is 19.0 Å². The molecule has 20 heavy (non-hydrogen) atoms. The Kier molecular flexibility index (Phi) is 6.55. The van der Waals surface area contributed by atoms with Crippen LogP contribution in [0.4, 0.5) is 0 Å². The lowest BCUT2D eigenvalue weighted by atomic mass is 10.0. The molecule has 2 unspecified atom stereocenters. The summed E-state index contributed by atoms with van der Waals surface area (Å²) in [5.74, 6) is 0.787. The van der Waals surface area contributed by atoms with Gasteiger partial charge in [-0.25, -0.2) is 0 Å². The second kappa shape index (κ2) is 8.43. The summed E-state index contributed by atoms with van der Waals surface area (Å²) in [6.07, 6.45) is 5.33. The van der Waals surface area contributed by atoms with Crippen molar-refractivity contribution in [2.24, 2.45) is 5.92 Å². The third-order valence-corrected chi connectivity index (χ3v) is 4.38. The maximum absolute atomic E-state index is 3.70. The van der Waals surface area contributed by atoms with Gasteiger partial charge in [-0.2, -0.15) is 0 Å². The minimum absolute atomic E-state index is 0.549. The molecule has 0 saturated carbocycles. The zero-order valence-electron chi connectivity index (χ0n) is 13.1. The summed E-state index contributed by atoms with van der Waals surface area (Å²) < 4.78 is 0. The maximum atomic E-state index is 3.70. The second-order valence-corrected chi connectivity index (χ2v) is 6.22. The number of nitrogens with one attached hydrogen (secondary N) is 1. The Morgan fingerprint density at radius 1 is 1.10 bits per heavy atom. The molecule has 2 nitrogen and oxygen atoms in total. The van der Waals surface area contributed by atoms with Crippen LogP contribution in [-0.4, -0.2) is 31.1 Å². The molecule has 2 atom stereocenters. The molecular formula is C18H30N2. The Hall–Kier alpha value is -0.860. The first kappa shape index (κ1) is 15.5. The van der Waals surface area contributed by atoms with Crippen LogP contribution in [0, 0.1) is 5.92 Å². The normalized spacial score (nSPS) is 19.1. The SMILES string of the molecule is CCCC(C)CNCC(c1ccccc1)N1CCCC1. The highest BCUT2D eigenvalue weighted by atomic mass is 15.2. The summed E-state index contributed by atoms with van der Waals surface area (Å²) in [6, 6.07) is 11.5. The predicted octanol–water partition coefficient (Wildman–Crippen LogP) is 3.85. The Labute approximate surface area is 124 Å². The zero-order valence-corrected chi connectivity index (χ0v) is 13.1. The van der Waals surface area contributed by atoms with Gasteiger partial charge in [0.05, 0.1) is 0 Å². The van der Waals surface area contributed by atoms with Crippen molar-refractivity contribution in [1.82, 2.24) is 10.2 Å². The second-order valence-electron chi connectivity index (χ2n) is 6.22. The summed E-state index contributed by atoms with van der Waals surface area (Å²) in [7, 11) is 0. The van der Waals surface area contributed by atoms with Crippen molar-refractivity contribution in [2.45, 2.75) is 45.6 Å². The van der Waals surface area contributed by atoms with Gasteiger partial charge in [-0.15, -0.1) is 0 Å². The van der Waals surface area contributed by atoms with Gasteiger partial charge < -0.3 is 5.32 Å². The van der Waals surface area contributed by atoms with Gasteiger partial charge in [-0.1, -0.05) is 50.6 Å². The van der Waals surface area contributed by atoms with E-state index in [1.54, 1.807) is 0 Å². The molecule has 0 spiro atoms. The minimum atomic E-state index is 0.549. The molecule has 1 saturated heterocycles. The van der Waals surface area contributed by atoms with Gasteiger partial charge >= 0.3 is 0 Å². The largest absolute Gasteiger partial charge is 0.315 e. The first-order chi connectivity index (χ1) is 9.81. The van der Waals surface area contributed by atoms with Crippen molar-refractivity contribution in [2.75, 3.05) is 26.2 Å². The van der Waals surface area contributed by atoms with Crippen LogP contribution in [0.15, 0.2) is 30.3 Å². The first-order valence-electron chi connectivity index (χ1n) is 8.31. The van der Waals surface area contributed by atoms with E-state index in [-0.39, 0.29) is 0 Å². The molecule has 0 bridgehead atoms. The maximum Gasteiger partial charge on any atom is 0.0472 e. The molecule has 112 valence electrons. The lowest BCUT2D eigenvalue weighted by molar-refractivity contribution is 0.236. The smallest absolute Gasteiger partial charge is 0.0472 e. The van der Waals surface area contributed by atoms with Crippen LogP contribution >= 0.6 is 0 Å². The quantitative estimate of drug-likeness (QED) is 0.774. The third-order valence-electron chi connectivity index (χ3n) is 4.38. The monoisotopic (exact) mass is 274 g/mol. The third kappa shape index (κ3) is 4.60. The Morgan fingerprint density at radius 2 is 1.80 bits per heavy atom. The zero-order chi connectivity index (χ0) is 14.2. The van der Waals surface area contributed by atoms with Crippen LogP contribution in [0.25, 0.3) is 0 Å². The van der Waals surface area contributed by atoms with Gasteiger partial charge in [0.25, 0.3) is 0 Å². The fraction of sp³-hybridized carbons (Fsp3) is 0.667. The van der Waals surface area contributed by atoms with Gasteiger partial charge in [0.15, 0.2) is 0 Å². The van der Waals surface area contributed by atoms with E-state index in [4.69, 9.17) is 0 Å². The lowest BCUT2D eigenvalue weighted by Crippen LogP contribution is -2.35. The minimum Gasteiger partial charge on any atom is -0.315 e. The number of benzene rings is 1. The molecule has 1 aliphatic rings.